The fraction of sp³-hybridized carbons (Fsp3) is 0.200. The number of rotatable bonds is 1. The Labute approximate surface area is 81.4 Å². The van der Waals surface area contributed by atoms with E-state index in [9.17, 15) is 10.0 Å². The Hall–Kier alpha value is -1.52. The van der Waals surface area contributed by atoms with Crippen LogP contribution in [0.5, 0.6) is 0 Å². The van der Waals surface area contributed by atoms with E-state index in [1.54, 1.807) is 30.6 Å². The van der Waals surface area contributed by atoms with E-state index in [0.717, 1.165) is 10.6 Å². The summed E-state index contributed by atoms with van der Waals surface area (Å²) in [4.78, 5) is 15.4. The lowest BCUT2D eigenvalue weighted by molar-refractivity contribution is -0.149. The number of nitrogens with zero attached hydrogens (tertiary/aromatic N) is 2. The maximum atomic E-state index is 11.5. The van der Waals surface area contributed by atoms with Gasteiger partial charge in [-0.05, 0) is 23.8 Å². The smallest absolute Gasteiger partial charge is 0.179 e. The van der Waals surface area contributed by atoms with E-state index in [4.69, 9.17) is 0 Å². The molecular formula is C10H10N2O2. The fourth-order valence-corrected chi connectivity index (χ4v) is 1.50. The largest absolute Gasteiger partial charge is 0.313 e. The van der Waals surface area contributed by atoms with Crippen LogP contribution in [0, 0.1) is 0 Å². The molecule has 0 saturated carbocycles. The van der Waals surface area contributed by atoms with Crippen LogP contribution in [0.2, 0.25) is 0 Å². The van der Waals surface area contributed by atoms with Gasteiger partial charge in [0.25, 0.3) is 0 Å². The van der Waals surface area contributed by atoms with Crippen molar-refractivity contribution in [3.63, 3.8) is 0 Å². The predicted octanol–water partition coefficient (Wildman–Crippen LogP) is 0.953. The lowest BCUT2D eigenvalue weighted by Gasteiger charge is -2.25. The second kappa shape index (κ2) is 3.69. The molecule has 0 radical (unpaired) electrons. The van der Waals surface area contributed by atoms with Crippen molar-refractivity contribution in [2.24, 2.45) is 0 Å². The van der Waals surface area contributed by atoms with Crippen LogP contribution in [0.1, 0.15) is 11.6 Å². The maximum absolute atomic E-state index is 11.5. The molecule has 1 aromatic rings. The van der Waals surface area contributed by atoms with Gasteiger partial charge in [0.1, 0.15) is 6.04 Å². The van der Waals surface area contributed by atoms with Crippen molar-refractivity contribution in [3.8, 4) is 0 Å². The molecule has 72 valence electrons. The van der Waals surface area contributed by atoms with Gasteiger partial charge in [-0.1, -0.05) is 6.08 Å². The van der Waals surface area contributed by atoms with Crippen LogP contribution in [-0.2, 0) is 4.79 Å². The Morgan fingerprint density at radius 1 is 1.43 bits per heavy atom. The molecule has 1 aliphatic heterocycles. The number of carbonyl (C=O) groups is 1. The SMILES string of the molecule is O=C1C=CCN(O)C1c1ccncc1. The van der Waals surface area contributed by atoms with Gasteiger partial charge in [-0.2, -0.15) is 5.06 Å². The van der Waals surface area contributed by atoms with Gasteiger partial charge in [-0.3, -0.25) is 9.78 Å². The topological polar surface area (TPSA) is 53.4 Å². The summed E-state index contributed by atoms with van der Waals surface area (Å²) in [5, 5.41) is 10.6. The summed E-state index contributed by atoms with van der Waals surface area (Å²) in [5.41, 5.74) is 0.761. The fourth-order valence-electron chi connectivity index (χ4n) is 1.50. The van der Waals surface area contributed by atoms with E-state index in [-0.39, 0.29) is 5.78 Å². The Bertz CT molecular complexity index is 362. The third-order valence-corrected chi connectivity index (χ3v) is 2.16. The van der Waals surface area contributed by atoms with E-state index in [2.05, 4.69) is 4.98 Å². The zero-order valence-corrected chi connectivity index (χ0v) is 7.50. The summed E-state index contributed by atoms with van der Waals surface area (Å²) in [5.74, 6) is -0.107. The number of aromatic nitrogens is 1. The lowest BCUT2D eigenvalue weighted by atomic mass is 10.0. The highest BCUT2D eigenvalue weighted by molar-refractivity contribution is 5.95. The molecule has 14 heavy (non-hydrogen) atoms. The highest BCUT2D eigenvalue weighted by atomic mass is 16.5. The van der Waals surface area contributed by atoms with Crippen molar-refractivity contribution in [1.82, 2.24) is 10.0 Å². The van der Waals surface area contributed by atoms with E-state index in [1.807, 2.05) is 0 Å². The molecule has 0 aliphatic carbocycles. The summed E-state index contributed by atoms with van der Waals surface area (Å²) >= 11 is 0. The molecule has 0 saturated heterocycles. The Balaban J connectivity index is 2.33. The average Bonchev–Trinajstić information content (AvgIpc) is 2.19. The second-order valence-corrected chi connectivity index (χ2v) is 3.11. The van der Waals surface area contributed by atoms with Crippen LogP contribution in [0.4, 0.5) is 0 Å². The van der Waals surface area contributed by atoms with Crippen LogP contribution in [0.25, 0.3) is 0 Å². The van der Waals surface area contributed by atoms with Gasteiger partial charge in [0.05, 0.1) is 0 Å². The minimum atomic E-state index is -0.581. The van der Waals surface area contributed by atoms with E-state index in [0.29, 0.717) is 6.54 Å². The van der Waals surface area contributed by atoms with Crippen LogP contribution in [0.15, 0.2) is 36.7 Å². The molecule has 2 heterocycles. The number of carbonyl (C=O) groups excluding carboxylic acids is 1. The van der Waals surface area contributed by atoms with Crippen molar-refractivity contribution in [3.05, 3.63) is 42.2 Å². The highest BCUT2D eigenvalue weighted by Gasteiger charge is 2.26. The molecule has 4 nitrogen and oxygen atoms in total. The zero-order chi connectivity index (χ0) is 9.97. The molecule has 0 aromatic carbocycles. The Kier molecular flexibility index (Phi) is 2.39. The first-order valence-corrected chi connectivity index (χ1v) is 4.35. The normalized spacial score (nSPS) is 22.6. The van der Waals surface area contributed by atoms with Crippen LogP contribution < -0.4 is 0 Å². The first kappa shape index (κ1) is 9.05. The summed E-state index contributed by atoms with van der Waals surface area (Å²) in [7, 11) is 0. The molecule has 1 N–H and O–H groups in total. The molecule has 0 spiro atoms. The van der Waals surface area contributed by atoms with Gasteiger partial charge in [0.2, 0.25) is 0 Å². The van der Waals surface area contributed by atoms with Crippen LogP contribution >= 0.6 is 0 Å². The zero-order valence-electron chi connectivity index (χ0n) is 7.50. The number of hydroxylamine groups is 2. The Morgan fingerprint density at radius 2 is 2.14 bits per heavy atom. The molecule has 2 rings (SSSR count). The van der Waals surface area contributed by atoms with Crippen molar-refractivity contribution >= 4 is 5.78 Å². The monoisotopic (exact) mass is 190 g/mol. The lowest BCUT2D eigenvalue weighted by Crippen LogP contribution is -2.33. The number of ketones is 1. The van der Waals surface area contributed by atoms with Gasteiger partial charge in [-0.25, -0.2) is 0 Å². The molecule has 0 fully saturated rings. The van der Waals surface area contributed by atoms with Crippen molar-refractivity contribution < 1.29 is 10.0 Å². The molecule has 0 bridgehead atoms. The third-order valence-electron chi connectivity index (χ3n) is 2.16. The van der Waals surface area contributed by atoms with Crippen molar-refractivity contribution in [1.29, 1.82) is 0 Å². The molecule has 1 aromatic heterocycles. The summed E-state index contributed by atoms with van der Waals surface area (Å²) in [6.45, 7) is 0.374. The highest BCUT2D eigenvalue weighted by Crippen LogP contribution is 2.22. The quantitative estimate of drug-likeness (QED) is 0.716. The van der Waals surface area contributed by atoms with Gasteiger partial charge in [0, 0.05) is 18.9 Å². The molecule has 1 unspecified atom stereocenters. The van der Waals surface area contributed by atoms with Crippen molar-refractivity contribution in [2.45, 2.75) is 6.04 Å². The third kappa shape index (κ3) is 1.57. The molecule has 4 heteroatoms. The van der Waals surface area contributed by atoms with E-state index < -0.39 is 6.04 Å². The van der Waals surface area contributed by atoms with E-state index >= 15 is 0 Å². The second-order valence-electron chi connectivity index (χ2n) is 3.11. The molecule has 0 amide bonds. The summed E-state index contributed by atoms with van der Waals surface area (Å²) in [6.07, 6.45) is 6.35. The number of hydrogen-bond acceptors (Lipinski definition) is 4. The van der Waals surface area contributed by atoms with E-state index in [1.165, 1.54) is 6.08 Å². The average molecular weight is 190 g/mol. The number of pyridine rings is 1. The van der Waals surface area contributed by atoms with Gasteiger partial charge in [0.15, 0.2) is 5.78 Å². The molecular weight excluding hydrogens is 180 g/mol. The predicted molar refractivity (Wildman–Crippen MR) is 49.6 cm³/mol. The minimum Gasteiger partial charge on any atom is -0.313 e. The van der Waals surface area contributed by atoms with Gasteiger partial charge in [-0.15, -0.1) is 0 Å². The van der Waals surface area contributed by atoms with Crippen molar-refractivity contribution in [2.75, 3.05) is 6.54 Å². The van der Waals surface area contributed by atoms with Gasteiger partial charge < -0.3 is 5.21 Å². The standard InChI is InChI=1S/C10H10N2O2/c13-9-2-1-7-12(14)10(9)8-3-5-11-6-4-8/h1-6,10,14H,7H2. The van der Waals surface area contributed by atoms with Gasteiger partial charge >= 0.3 is 0 Å². The summed E-state index contributed by atoms with van der Waals surface area (Å²) < 4.78 is 0. The molecule has 1 atom stereocenters. The maximum Gasteiger partial charge on any atom is 0.179 e. The molecule has 1 aliphatic rings. The van der Waals surface area contributed by atoms with Crippen LogP contribution in [-0.4, -0.2) is 27.6 Å². The minimum absolute atomic E-state index is 0.107. The Morgan fingerprint density at radius 3 is 2.79 bits per heavy atom. The summed E-state index contributed by atoms with van der Waals surface area (Å²) in [6, 6.07) is 2.87. The first-order chi connectivity index (χ1) is 6.79. The van der Waals surface area contributed by atoms with Crippen LogP contribution in [0.3, 0.4) is 0 Å². The first-order valence-electron chi connectivity index (χ1n) is 4.35. The number of hydrogen-bond donors (Lipinski definition) is 1.